The molecule has 0 N–H and O–H groups in total. The minimum absolute atomic E-state index is 0.644. The van der Waals surface area contributed by atoms with Crippen molar-refractivity contribution in [2.24, 2.45) is 5.92 Å². The lowest BCUT2D eigenvalue weighted by Crippen LogP contribution is -2.06. The Morgan fingerprint density at radius 3 is 2.25 bits per heavy atom. The summed E-state index contributed by atoms with van der Waals surface area (Å²) in [5.74, 6) is 1.35. The van der Waals surface area contributed by atoms with Gasteiger partial charge in [0.15, 0.2) is 0 Å². The number of halogens is 1. The molecule has 2 unspecified atom stereocenters. The highest BCUT2D eigenvalue weighted by Gasteiger charge is 2.11. The zero-order valence-corrected chi connectivity index (χ0v) is 9.21. The molecule has 0 bridgehead atoms. The van der Waals surface area contributed by atoms with Crippen molar-refractivity contribution in [1.29, 1.82) is 0 Å². The lowest BCUT2D eigenvalue weighted by atomic mass is 9.90. The van der Waals surface area contributed by atoms with E-state index in [1.165, 1.54) is 5.56 Å². The molecule has 0 fully saturated rings. The van der Waals surface area contributed by atoms with Crippen LogP contribution in [0.1, 0.15) is 25.3 Å². The van der Waals surface area contributed by atoms with E-state index in [2.05, 4.69) is 60.1 Å². The summed E-state index contributed by atoms with van der Waals surface area (Å²) in [4.78, 5) is 0. The highest BCUT2D eigenvalue weighted by molar-refractivity contribution is 9.09. The molecular weight excluding hydrogens is 212 g/mol. The maximum Gasteiger partial charge on any atom is 0.00627 e. The molecule has 2 atom stereocenters. The van der Waals surface area contributed by atoms with Crippen molar-refractivity contribution < 1.29 is 0 Å². The van der Waals surface area contributed by atoms with Crippen molar-refractivity contribution in [2.45, 2.75) is 19.8 Å². The average Bonchev–Trinajstić information content (AvgIpc) is 2.17. The summed E-state index contributed by atoms with van der Waals surface area (Å²) in [6, 6.07) is 10.7. The molecule has 0 aliphatic carbocycles. The van der Waals surface area contributed by atoms with Crippen LogP contribution in [0.2, 0.25) is 0 Å². The average molecular weight is 227 g/mol. The fourth-order valence-electron chi connectivity index (χ4n) is 1.22. The first-order chi connectivity index (χ1) is 5.75. The van der Waals surface area contributed by atoms with Gasteiger partial charge in [-0.3, -0.25) is 0 Å². The third kappa shape index (κ3) is 2.34. The Bertz CT molecular complexity index is 218. The van der Waals surface area contributed by atoms with Gasteiger partial charge in [0.1, 0.15) is 0 Å². The van der Waals surface area contributed by atoms with Crippen LogP contribution >= 0.6 is 15.9 Å². The van der Waals surface area contributed by atoms with Gasteiger partial charge in [0.2, 0.25) is 0 Å². The largest absolute Gasteiger partial charge is 0.0925 e. The van der Waals surface area contributed by atoms with Crippen LogP contribution in [0.5, 0.6) is 0 Å². The van der Waals surface area contributed by atoms with Crippen molar-refractivity contribution >= 4 is 15.9 Å². The topological polar surface area (TPSA) is 0 Å². The molecule has 1 rings (SSSR count). The standard InChI is InChI=1S/C11H15Br/c1-9(8-12)10(2)11-6-4-3-5-7-11/h3-7,9-10H,8H2,1-2H3. The van der Waals surface area contributed by atoms with Gasteiger partial charge in [-0.05, 0) is 17.4 Å². The van der Waals surface area contributed by atoms with Gasteiger partial charge in [0.05, 0.1) is 0 Å². The van der Waals surface area contributed by atoms with Crippen molar-refractivity contribution in [1.82, 2.24) is 0 Å². The van der Waals surface area contributed by atoms with Gasteiger partial charge in [0, 0.05) is 5.33 Å². The van der Waals surface area contributed by atoms with Gasteiger partial charge in [-0.1, -0.05) is 60.1 Å². The van der Waals surface area contributed by atoms with Gasteiger partial charge in [-0.2, -0.15) is 0 Å². The molecule has 12 heavy (non-hydrogen) atoms. The Kier molecular flexibility index (Phi) is 3.80. The fourth-order valence-corrected chi connectivity index (χ4v) is 1.78. The molecule has 0 saturated carbocycles. The van der Waals surface area contributed by atoms with Crippen molar-refractivity contribution in [3.8, 4) is 0 Å². The van der Waals surface area contributed by atoms with Crippen LogP contribution in [-0.2, 0) is 0 Å². The molecule has 0 aliphatic rings. The highest BCUT2D eigenvalue weighted by Crippen LogP contribution is 2.24. The van der Waals surface area contributed by atoms with E-state index in [0.29, 0.717) is 11.8 Å². The maximum absolute atomic E-state index is 3.51. The molecule has 0 spiro atoms. The minimum Gasteiger partial charge on any atom is -0.0925 e. The fraction of sp³-hybridized carbons (Fsp3) is 0.455. The van der Waals surface area contributed by atoms with Gasteiger partial charge >= 0.3 is 0 Å². The lowest BCUT2D eigenvalue weighted by molar-refractivity contribution is 0.547. The summed E-state index contributed by atoms with van der Waals surface area (Å²) in [5, 5.41) is 1.07. The van der Waals surface area contributed by atoms with Gasteiger partial charge in [-0.15, -0.1) is 0 Å². The molecule has 66 valence electrons. The number of rotatable bonds is 3. The predicted octanol–water partition coefficient (Wildman–Crippen LogP) is 3.82. The van der Waals surface area contributed by atoms with Crippen LogP contribution < -0.4 is 0 Å². The Morgan fingerprint density at radius 2 is 1.75 bits per heavy atom. The van der Waals surface area contributed by atoms with Crippen molar-refractivity contribution in [3.63, 3.8) is 0 Å². The Balaban J connectivity index is 2.71. The Labute approximate surface area is 83.1 Å². The molecule has 1 aromatic carbocycles. The van der Waals surface area contributed by atoms with Crippen molar-refractivity contribution in [3.05, 3.63) is 35.9 Å². The van der Waals surface area contributed by atoms with Crippen molar-refractivity contribution in [2.75, 3.05) is 5.33 Å². The van der Waals surface area contributed by atoms with Crippen LogP contribution in [0.15, 0.2) is 30.3 Å². The van der Waals surface area contributed by atoms with Crippen LogP contribution in [0.25, 0.3) is 0 Å². The number of alkyl halides is 1. The zero-order chi connectivity index (χ0) is 8.97. The van der Waals surface area contributed by atoms with Gasteiger partial charge in [0.25, 0.3) is 0 Å². The zero-order valence-electron chi connectivity index (χ0n) is 7.63. The quantitative estimate of drug-likeness (QED) is 0.688. The molecule has 0 heterocycles. The second kappa shape index (κ2) is 4.66. The second-order valence-corrected chi connectivity index (χ2v) is 3.98. The van der Waals surface area contributed by atoms with E-state index >= 15 is 0 Å². The minimum atomic E-state index is 0.644. The van der Waals surface area contributed by atoms with E-state index in [0.717, 1.165) is 5.33 Å². The van der Waals surface area contributed by atoms with Crippen LogP contribution in [0.4, 0.5) is 0 Å². The molecule has 0 saturated heterocycles. The molecule has 0 aromatic heterocycles. The van der Waals surface area contributed by atoms with E-state index in [1.54, 1.807) is 0 Å². The SMILES string of the molecule is CC(CBr)C(C)c1ccccc1. The number of benzene rings is 1. The molecular formula is C11H15Br. The van der Waals surface area contributed by atoms with E-state index in [-0.39, 0.29) is 0 Å². The summed E-state index contributed by atoms with van der Waals surface area (Å²) in [5.41, 5.74) is 1.43. The van der Waals surface area contributed by atoms with E-state index in [9.17, 15) is 0 Å². The third-order valence-corrected chi connectivity index (χ3v) is 3.44. The second-order valence-electron chi connectivity index (χ2n) is 3.33. The molecule has 1 aromatic rings. The van der Waals surface area contributed by atoms with Gasteiger partial charge in [-0.25, -0.2) is 0 Å². The molecule has 0 aliphatic heterocycles. The number of hydrogen-bond acceptors (Lipinski definition) is 0. The molecule has 0 radical (unpaired) electrons. The molecule has 1 heteroatoms. The lowest BCUT2D eigenvalue weighted by Gasteiger charge is -2.17. The van der Waals surface area contributed by atoms with E-state index in [4.69, 9.17) is 0 Å². The first-order valence-corrected chi connectivity index (χ1v) is 5.48. The highest BCUT2D eigenvalue weighted by atomic mass is 79.9. The summed E-state index contributed by atoms with van der Waals surface area (Å²) in [6.07, 6.45) is 0. The van der Waals surface area contributed by atoms with E-state index in [1.807, 2.05) is 0 Å². The van der Waals surface area contributed by atoms with Gasteiger partial charge < -0.3 is 0 Å². The summed E-state index contributed by atoms with van der Waals surface area (Å²) in [7, 11) is 0. The summed E-state index contributed by atoms with van der Waals surface area (Å²) >= 11 is 3.51. The smallest absolute Gasteiger partial charge is 0.00627 e. The Hall–Kier alpha value is -0.300. The Morgan fingerprint density at radius 1 is 1.17 bits per heavy atom. The maximum atomic E-state index is 3.51. The third-order valence-electron chi connectivity index (χ3n) is 2.42. The molecule has 0 amide bonds. The monoisotopic (exact) mass is 226 g/mol. The summed E-state index contributed by atoms with van der Waals surface area (Å²) in [6.45, 7) is 4.55. The molecule has 0 nitrogen and oxygen atoms in total. The van der Waals surface area contributed by atoms with Crippen LogP contribution in [0, 0.1) is 5.92 Å². The predicted molar refractivity (Wildman–Crippen MR) is 57.8 cm³/mol. The number of hydrogen-bond donors (Lipinski definition) is 0. The summed E-state index contributed by atoms with van der Waals surface area (Å²) < 4.78 is 0. The first kappa shape index (κ1) is 9.79. The van der Waals surface area contributed by atoms with E-state index < -0.39 is 0 Å². The van der Waals surface area contributed by atoms with Crippen LogP contribution in [0.3, 0.4) is 0 Å². The first-order valence-electron chi connectivity index (χ1n) is 4.36. The van der Waals surface area contributed by atoms with Crippen LogP contribution in [-0.4, -0.2) is 5.33 Å². The normalized spacial score (nSPS) is 15.6.